The number of nitrogens with one attached hydrogen (secondary N) is 1. The van der Waals surface area contributed by atoms with E-state index in [-0.39, 0.29) is 16.4 Å². The molecule has 0 saturated heterocycles. The summed E-state index contributed by atoms with van der Waals surface area (Å²) in [4.78, 5) is 17.1. The molecule has 0 unspecified atom stereocenters. The van der Waals surface area contributed by atoms with Gasteiger partial charge in [0.25, 0.3) is 0 Å². The lowest BCUT2D eigenvalue weighted by atomic mass is 10.0. The van der Waals surface area contributed by atoms with Crippen LogP contribution in [0.2, 0.25) is 5.02 Å². The number of hydrogen-bond donors (Lipinski definition) is 2. The van der Waals surface area contributed by atoms with Crippen molar-refractivity contribution in [2.24, 2.45) is 0 Å². The second kappa shape index (κ2) is 4.18. The number of nitrogen functional groups attached to an aromatic ring is 1. The van der Waals surface area contributed by atoms with Crippen molar-refractivity contribution in [2.75, 3.05) is 5.73 Å². The SMILES string of the molecule is Cc1[nH]c(=O)nc(N)c1-c1c(F)cccc1Cl. The second-order valence-electron chi connectivity index (χ2n) is 3.52. The smallest absolute Gasteiger partial charge is 0.347 e. The molecule has 88 valence electrons. The molecule has 0 aliphatic heterocycles. The zero-order valence-electron chi connectivity index (χ0n) is 8.92. The van der Waals surface area contributed by atoms with Gasteiger partial charge in [-0.25, -0.2) is 9.18 Å². The van der Waals surface area contributed by atoms with Gasteiger partial charge in [0.15, 0.2) is 0 Å². The normalized spacial score (nSPS) is 10.5. The summed E-state index contributed by atoms with van der Waals surface area (Å²) in [7, 11) is 0. The van der Waals surface area contributed by atoms with Crippen LogP contribution in [0.3, 0.4) is 0 Å². The number of benzene rings is 1. The summed E-state index contributed by atoms with van der Waals surface area (Å²) >= 11 is 5.93. The number of hydrogen-bond acceptors (Lipinski definition) is 3. The molecule has 17 heavy (non-hydrogen) atoms. The number of halogens is 2. The van der Waals surface area contributed by atoms with Crippen molar-refractivity contribution in [1.82, 2.24) is 9.97 Å². The van der Waals surface area contributed by atoms with Gasteiger partial charge in [-0.2, -0.15) is 4.98 Å². The van der Waals surface area contributed by atoms with E-state index in [1.807, 2.05) is 0 Å². The van der Waals surface area contributed by atoms with Crippen molar-refractivity contribution in [3.63, 3.8) is 0 Å². The van der Waals surface area contributed by atoms with Crippen molar-refractivity contribution < 1.29 is 4.39 Å². The van der Waals surface area contributed by atoms with Crippen molar-refractivity contribution in [3.8, 4) is 11.1 Å². The van der Waals surface area contributed by atoms with Gasteiger partial charge in [-0.05, 0) is 19.1 Å². The number of H-pyrrole nitrogens is 1. The molecule has 0 saturated carbocycles. The zero-order chi connectivity index (χ0) is 12.6. The van der Waals surface area contributed by atoms with Crippen molar-refractivity contribution in [1.29, 1.82) is 0 Å². The van der Waals surface area contributed by atoms with Crippen LogP contribution < -0.4 is 11.4 Å². The lowest BCUT2D eigenvalue weighted by Crippen LogP contribution is -2.15. The van der Waals surface area contributed by atoms with E-state index < -0.39 is 11.5 Å². The number of aromatic amines is 1. The minimum absolute atomic E-state index is 0.0433. The summed E-state index contributed by atoms with van der Waals surface area (Å²) in [6.07, 6.45) is 0. The largest absolute Gasteiger partial charge is 0.383 e. The van der Waals surface area contributed by atoms with Crippen LogP contribution in [0.5, 0.6) is 0 Å². The lowest BCUT2D eigenvalue weighted by molar-refractivity contribution is 0.631. The first-order valence-electron chi connectivity index (χ1n) is 4.81. The van der Waals surface area contributed by atoms with Gasteiger partial charge in [-0.3, -0.25) is 0 Å². The molecule has 0 bridgehead atoms. The third-order valence-electron chi connectivity index (χ3n) is 2.36. The Morgan fingerprint density at radius 3 is 2.71 bits per heavy atom. The molecule has 0 atom stereocenters. The maximum absolute atomic E-state index is 13.7. The summed E-state index contributed by atoms with van der Waals surface area (Å²) in [5.41, 5.74) is 5.95. The van der Waals surface area contributed by atoms with Crippen LogP contribution >= 0.6 is 11.6 Å². The topological polar surface area (TPSA) is 71.8 Å². The Morgan fingerprint density at radius 2 is 2.12 bits per heavy atom. The third kappa shape index (κ3) is 2.01. The van der Waals surface area contributed by atoms with Crippen molar-refractivity contribution in [2.45, 2.75) is 6.92 Å². The number of nitrogens with zero attached hydrogens (tertiary/aromatic N) is 1. The van der Waals surface area contributed by atoms with Gasteiger partial charge < -0.3 is 10.7 Å². The van der Waals surface area contributed by atoms with Gasteiger partial charge >= 0.3 is 5.69 Å². The Hall–Kier alpha value is -1.88. The van der Waals surface area contributed by atoms with E-state index in [2.05, 4.69) is 9.97 Å². The Balaban J connectivity index is 2.82. The highest BCUT2D eigenvalue weighted by molar-refractivity contribution is 6.33. The van der Waals surface area contributed by atoms with Gasteiger partial charge in [0, 0.05) is 16.8 Å². The van der Waals surface area contributed by atoms with Crippen LogP contribution in [-0.4, -0.2) is 9.97 Å². The molecule has 2 rings (SSSR count). The van der Waals surface area contributed by atoms with E-state index in [4.69, 9.17) is 17.3 Å². The van der Waals surface area contributed by atoms with Gasteiger partial charge in [0.2, 0.25) is 0 Å². The first-order valence-corrected chi connectivity index (χ1v) is 5.19. The molecule has 2 aromatic rings. The highest BCUT2D eigenvalue weighted by atomic mass is 35.5. The molecule has 3 N–H and O–H groups in total. The third-order valence-corrected chi connectivity index (χ3v) is 2.68. The number of nitrogens with two attached hydrogens (primary N) is 1. The van der Waals surface area contributed by atoms with Crippen LogP contribution in [0.1, 0.15) is 5.69 Å². The van der Waals surface area contributed by atoms with E-state index in [0.717, 1.165) is 0 Å². The predicted molar refractivity (Wildman–Crippen MR) is 64.4 cm³/mol. The average molecular weight is 254 g/mol. The Labute approximate surface area is 101 Å². The molecule has 4 nitrogen and oxygen atoms in total. The highest BCUT2D eigenvalue weighted by Gasteiger charge is 2.16. The molecule has 0 spiro atoms. The van der Waals surface area contributed by atoms with Gasteiger partial charge in [0.05, 0.1) is 5.02 Å². The quantitative estimate of drug-likeness (QED) is 0.818. The molecule has 0 amide bonds. The molecule has 0 aliphatic rings. The zero-order valence-corrected chi connectivity index (χ0v) is 9.68. The number of rotatable bonds is 1. The first kappa shape index (κ1) is 11.6. The maximum atomic E-state index is 13.7. The highest BCUT2D eigenvalue weighted by Crippen LogP contribution is 2.34. The van der Waals surface area contributed by atoms with Gasteiger partial charge in [0.1, 0.15) is 11.6 Å². The van der Waals surface area contributed by atoms with E-state index in [9.17, 15) is 9.18 Å². The Bertz CT molecular complexity index is 593. The standard InChI is InChI=1S/C11H9ClFN3O/c1-5-8(10(14)16-11(17)15-5)9-6(12)3-2-4-7(9)13/h2-4H,1H3,(H3,14,15,16,17). The van der Waals surface area contributed by atoms with E-state index in [1.165, 1.54) is 12.1 Å². The minimum atomic E-state index is -0.573. The summed E-state index contributed by atoms with van der Waals surface area (Å²) in [5, 5.41) is 0.216. The summed E-state index contributed by atoms with van der Waals surface area (Å²) in [6, 6.07) is 4.31. The Kier molecular flexibility index (Phi) is 2.85. The summed E-state index contributed by atoms with van der Waals surface area (Å²) in [5.74, 6) is -0.556. The molecule has 6 heteroatoms. The molecular formula is C11H9ClFN3O. The van der Waals surface area contributed by atoms with Crippen LogP contribution in [-0.2, 0) is 0 Å². The van der Waals surface area contributed by atoms with E-state index in [0.29, 0.717) is 11.3 Å². The van der Waals surface area contributed by atoms with Crippen LogP contribution in [0.15, 0.2) is 23.0 Å². The predicted octanol–water partition coefficient (Wildman–Crippen LogP) is 2.12. The second-order valence-corrected chi connectivity index (χ2v) is 3.93. The molecular weight excluding hydrogens is 245 g/mol. The fourth-order valence-corrected chi connectivity index (χ4v) is 1.92. The van der Waals surface area contributed by atoms with Crippen molar-refractivity contribution >= 4 is 17.4 Å². The minimum Gasteiger partial charge on any atom is -0.383 e. The first-order chi connectivity index (χ1) is 8.00. The molecule has 1 aromatic heterocycles. The van der Waals surface area contributed by atoms with E-state index in [1.54, 1.807) is 13.0 Å². The number of anilines is 1. The average Bonchev–Trinajstić information content (AvgIpc) is 2.21. The monoisotopic (exact) mass is 253 g/mol. The van der Waals surface area contributed by atoms with Crippen LogP contribution in [0, 0.1) is 12.7 Å². The lowest BCUT2D eigenvalue weighted by Gasteiger charge is -2.10. The van der Waals surface area contributed by atoms with Crippen molar-refractivity contribution in [3.05, 3.63) is 45.2 Å². The van der Waals surface area contributed by atoms with Crippen LogP contribution in [0.4, 0.5) is 10.2 Å². The molecule has 1 heterocycles. The fourth-order valence-electron chi connectivity index (χ4n) is 1.66. The summed E-state index contributed by atoms with van der Waals surface area (Å²) in [6.45, 7) is 1.61. The van der Waals surface area contributed by atoms with Gasteiger partial charge in [-0.1, -0.05) is 17.7 Å². The van der Waals surface area contributed by atoms with E-state index >= 15 is 0 Å². The van der Waals surface area contributed by atoms with Gasteiger partial charge in [-0.15, -0.1) is 0 Å². The molecule has 0 fully saturated rings. The summed E-state index contributed by atoms with van der Waals surface area (Å²) < 4.78 is 13.7. The number of aryl methyl sites for hydroxylation is 1. The Morgan fingerprint density at radius 1 is 1.41 bits per heavy atom. The molecule has 1 aromatic carbocycles. The molecule has 0 radical (unpaired) electrons. The fraction of sp³-hybridized carbons (Fsp3) is 0.0909. The maximum Gasteiger partial charge on any atom is 0.347 e. The number of aromatic nitrogens is 2. The molecule has 0 aliphatic carbocycles. The van der Waals surface area contributed by atoms with Crippen LogP contribution in [0.25, 0.3) is 11.1 Å².